The van der Waals surface area contributed by atoms with Crippen LogP contribution in [0.4, 0.5) is 0 Å². The van der Waals surface area contributed by atoms with Gasteiger partial charge in [0, 0.05) is 0 Å². The normalized spacial score (nSPS) is 11.3. The number of nitrogens with zero attached hydrogens (tertiary/aromatic N) is 1. The molecule has 0 radical (unpaired) electrons. The van der Waals surface area contributed by atoms with Crippen LogP contribution >= 0.6 is 11.3 Å². The number of fused-ring (bicyclic) bond motifs is 2. The van der Waals surface area contributed by atoms with Gasteiger partial charge in [-0.3, -0.25) is 0 Å². The van der Waals surface area contributed by atoms with Gasteiger partial charge < -0.3 is 5.11 Å². The highest BCUT2D eigenvalue weighted by molar-refractivity contribution is 7.21. The average molecular weight is 291 g/mol. The molecule has 0 atom stereocenters. The van der Waals surface area contributed by atoms with Gasteiger partial charge in [-0.05, 0) is 47.5 Å². The van der Waals surface area contributed by atoms with Crippen molar-refractivity contribution in [3.63, 3.8) is 0 Å². The van der Waals surface area contributed by atoms with Crippen molar-refractivity contribution >= 4 is 32.3 Å². The number of aromatic nitrogens is 1. The number of aromatic hydroxyl groups is 1. The minimum absolute atomic E-state index is 0.282. The van der Waals surface area contributed by atoms with E-state index in [-0.39, 0.29) is 5.75 Å². The molecule has 0 aliphatic heterocycles. The van der Waals surface area contributed by atoms with Crippen molar-refractivity contribution < 1.29 is 5.11 Å². The first-order chi connectivity index (χ1) is 10.2. The van der Waals surface area contributed by atoms with Crippen molar-refractivity contribution in [2.24, 2.45) is 0 Å². The van der Waals surface area contributed by atoms with Gasteiger partial charge in [0.25, 0.3) is 0 Å². The molecule has 3 aromatic carbocycles. The number of benzene rings is 3. The lowest BCUT2D eigenvalue weighted by molar-refractivity contribution is 0.478. The molecule has 4 aromatic rings. The van der Waals surface area contributed by atoms with E-state index in [0.717, 1.165) is 31.6 Å². The lowest BCUT2D eigenvalue weighted by atomic mass is 10.1. The maximum atomic E-state index is 10.3. The molecule has 0 unspecified atom stereocenters. The monoisotopic (exact) mass is 291 g/mol. The van der Waals surface area contributed by atoms with E-state index in [1.807, 2.05) is 30.3 Å². The number of hydrogen-bond acceptors (Lipinski definition) is 3. The average Bonchev–Trinajstić information content (AvgIpc) is 2.89. The Hall–Kier alpha value is -2.39. The summed E-state index contributed by atoms with van der Waals surface area (Å²) in [5, 5.41) is 13.3. The van der Waals surface area contributed by atoms with Crippen LogP contribution in [0.1, 0.15) is 5.56 Å². The minimum Gasteiger partial charge on any atom is -0.507 e. The molecule has 0 saturated heterocycles. The molecule has 0 fully saturated rings. The van der Waals surface area contributed by atoms with Gasteiger partial charge in [0.2, 0.25) is 0 Å². The molecule has 102 valence electrons. The van der Waals surface area contributed by atoms with Gasteiger partial charge in [-0.2, -0.15) is 0 Å². The van der Waals surface area contributed by atoms with Crippen LogP contribution in [0.3, 0.4) is 0 Å². The second kappa shape index (κ2) is 4.57. The number of hydrogen-bond donors (Lipinski definition) is 1. The molecule has 1 aromatic heterocycles. The van der Waals surface area contributed by atoms with Crippen molar-refractivity contribution in [3.8, 4) is 16.3 Å². The van der Waals surface area contributed by atoms with Gasteiger partial charge in [0.05, 0.1) is 15.8 Å². The van der Waals surface area contributed by atoms with Gasteiger partial charge in [0.15, 0.2) is 0 Å². The van der Waals surface area contributed by atoms with Gasteiger partial charge in [0.1, 0.15) is 10.8 Å². The molecule has 21 heavy (non-hydrogen) atoms. The predicted molar refractivity (Wildman–Crippen MR) is 89.0 cm³/mol. The van der Waals surface area contributed by atoms with Crippen molar-refractivity contribution in [2.75, 3.05) is 0 Å². The van der Waals surface area contributed by atoms with Gasteiger partial charge in [-0.15, -0.1) is 11.3 Å². The standard InChI is InChI=1S/C18H13NOS/c1-11-6-7-17-15(8-11)19-18(21-17)14-9-12-4-2-3-5-13(12)10-16(14)20/h2-10,20H,1H3. The lowest BCUT2D eigenvalue weighted by Gasteiger charge is -2.04. The van der Waals surface area contributed by atoms with E-state index < -0.39 is 0 Å². The molecule has 2 nitrogen and oxygen atoms in total. The van der Waals surface area contributed by atoms with E-state index in [1.54, 1.807) is 11.3 Å². The van der Waals surface area contributed by atoms with Crippen LogP contribution in [0.5, 0.6) is 5.75 Å². The molecule has 1 N–H and O–H groups in total. The maximum absolute atomic E-state index is 10.3. The highest BCUT2D eigenvalue weighted by atomic mass is 32.1. The quantitative estimate of drug-likeness (QED) is 0.527. The summed E-state index contributed by atoms with van der Waals surface area (Å²) in [4.78, 5) is 4.67. The van der Waals surface area contributed by atoms with Crippen LogP contribution < -0.4 is 0 Å². The smallest absolute Gasteiger partial charge is 0.128 e. The lowest BCUT2D eigenvalue weighted by Crippen LogP contribution is -1.80. The first-order valence-electron chi connectivity index (χ1n) is 6.80. The zero-order chi connectivity index (χ0) is 14.4. The van der Waals surface area contributed by atoms with Crippen molar-refractivity contribution in [1.29, 1.82) is 0 Å². The fourth-order valence-corrected chi connectivity index (χ4v) is 3.52. The Labute approximate surface area is 126 Å². The highest BCUT2D eigenvalue weighted by Crippen LogP contribution is 2.37. The fraction of sp³-hybridized carbons (Fsp3) is 0.0556. The Morgan fingerprint density at radius 3 is 2.52 bits per heavy atom. The predicted octanol–water partition coefficient (Wildman–Crippen LogP) is 5.13. The molecule has 0 saturated carbocycles. The minimum atomic E-state index is 0.282. The summed E-state index contributed by atoms with van der Waals surface area (Å²) >= 11 is 1.61. The van der Waals surface area contributed by atoms with Crippen LogP contribution in [-0.4, -0.2) is 10.1 Å². The van der Waals surface area contributed by atoms with Crippen LogP contribution in [0.25, 0.3) is 31.6 Å². The number of phenols is 1. The van der Waals surface area contributed by atoms with Gasteiger partial charge >= 0.3 is 0 Å². The van der Waals surface area contributed by atoms with Crippen LogP contribution in [0.2, 0.25) is 0 Å². The van der Waals surface area contributed by atoms with Crippen LogP contribution in [0, 0.1) is 6.92 Å². The number of rotatable bonds is 1. The Balaban J connectivity index is 1.96. The summed E-state index contributed by atoms with van der Waals surface area (Å²) in [7, 11) is 0. The van der Waals surface area contributed by atoms with Crippen LogP contribution in [0.15, 0.2) is 54.6 Å². The number of phenolic OH excluding ortho intramolecular Hbond substituents is 1. The van der Waals surface area contributed by atoms with Crippen LogP contribution in [-0.2, 0) is 0 Å². The Bertz CT molecular complexity index is 971. The van der Waals surface area contributed by atoms with E-state index >= 15 is 0 Å². The van der Waals surface area contributed by atoms with E-state index in [4.69, 9.17) is 0 Å². The Morgan fingerprint density at radius 1 is 0.952 bits per heavy atom. The summed E-state index contributed by atoms with van der Waals surface area (Å²) in [5.74, 6) is 0.282. The van der Waals surface area contributed by atoms with E-state index in [2.05, 4.69) is 36.2 Å². The summed E-state index contributed by atoms with van der Waals surface area (Å²) in [6.45, 7) is 2.06. The van der Waals surface area contributed by atoms with Crippen molar-refractivity contribution in [1.82, 2.24) is 4.98 Å². The highest BCUT2D eigenvalue weighted by Gasteiger charge is 2.11. The first kappa shape index (κ1) is 12.4. The van der Waals surface area contributed by atoms with E-state index in [1.165, 1.54) is 5.56 Å². The number of thiazole rings is 1. The fourth-order valence-electron chi connectivity index (χ4n) is 2.55. The molecular weight excluding hydrogens is 278 g/mol. The SMILES string of the molecule is Cc1ccc2sc(-c3cc4ccccc4cc3O)nc2c1. The molecule has 0 bridgehead atoms. The van der Waals surface area contributed by atoms with Gasteiger partial charge in [-0.1, -0.05) is 30.3 Å². The topological polar surface area (TPSA) is 33.1 Å². The molecule has 0 aliphatic rings. The molecule has 0 spiro atoms. The van der Waals surface area contributed by atoms with Crippen molar-refractivity contribution in [3.05, 3.63) is 60.2 Å². The first-order valence-corrected chi connectivity index (χ1v) is 7.62. The second-order valence-corrected chi connectivity index (χ2v) is 6.24. The molecule has 4 rings (SSSR count). The second-order valence-electron chi connectivity index (χ2n) is 5.21. The number of aryl methyl sites for hydroxylation is 1. The third-order valence-electron chi connectivity index (χ3n) is 3.64. The molecule has 3 heteroatoms. The Morgan fingerprint density at radius 2 is 1.71 bits per heavy atom. The summed E-state index contributed by atoms with van der Waals surface area (Å²) < 4.78 is 1.14. The third kappa shape index (κ3) is 2.06. The largest absolute Gasteiger partial charge is 0.507 e. The zero-order valence-electron chi connectivity index (χ0n) is 11.5. The van der Waals surface area contributed by atoms with E-state index in [9.17, 15) is 5.11 Å². The van der Waals surface area contributed by atoms with E-state index in [0.29, 0.717) is 0 Å². The van der Waals surface area contributed by atoms with Crippen molar-refractivity contribution in [2.45, 2.75) is 6.92 Å². The molecule has 1 heterocycles. The summed E-state index contributed by atoms with van der Waals surface area (Å²) in [5.41, 5.74) is 2.98. The molecule has 0 amide bonds. The molecule has 0 aliphatic carbocycles. The Kier molecular flexibility index (Phi) is 2.69. The summed E-state index contributed by atoms with van der Waals surface area (Å²) in [6.07, 6.45) is 0. The third-order valence-corrected chi connectivity index (χ3v) is 4.71. The maximum Gasteiger partial charge on any atom is 0.128 e. The zero-order valence-corrected chi connectivity index (χ0v) is 12.3. The molecular formula is C18H13NOS. The summed E-state index contributed by atoms with van der Waals surface area (Å²) in [6, 6.07) is 18.1. The van der Waals surface area contributed by atoms with Gasteiger partial charge in [-0.25, -0.2) is 4.98 Å².